The highest BCUT2D eigenvalue weighted by Crippen LogP contribution is 2.30. The summed E-state index contributed by atoms with van der Waals surface area (Å²) in [5.74, 6) is 1.52. The Labute approximate surface area is 138 Å². The monoisotopic (exact) mass is 362 g/mol. The number of nitrogens with two attached hydrogens (primary N) is 1. The molecule has 1 aliphatic heterocycles. The second-order valence-electron chi connectivity index (χ2n) is 5.89. The number of carbonyl (C=O) groups is 1. The zero-order valence-electron chi connectivity index (χ0n) is 12.5. The number of rotatable bonds is 2. The number of hydrogen-bond donors (Lipinski definition) is 1. The first-order valence-electron chi connectivity index (χ1n) is 7.49. The predicted octanol–water partition coefficient (Wildman–Crippen LogP) is 4.16. The zero-order valence-corrected chi connectivity index (χ0v) is 14.1. The lowest BCUT2D eigenvalue weighted by atomic mass is 10.0. The van der Waals surface area contributed by atoms with Gasteiger partial charge in [0.25, 0.3) is 5.91 Å². The van der Waals surface area contributed by atoms with Gasteiger partial charge in [-0.05, 0) is 49.1 Å². The maximum absolute atomic E-state index is 12.5. The molecule has 1 atom stereocenters. The minimum atomic E-state index is -0.0338. The van der Waals surface area contributed by atoms with Crippen LogP contribution in [0, 0.1) is 5.92 Å². The summed E-state index contributed by atoms with van der Waals surface area (Å²) in [5.41, 5.74) is 7.43. The van der Waals surface area contributed by atoms with Crippen LogP contribution in [0.1, 0.15) is 30.3 Å². The van der Waals surface area contributed by atoms with Gasteiger partial charge in [0.1, 0.15) is 5.76 Å². The van der Waals surface area contributed by atoms with Gasteiger partial charge >= 0.3 is 0 Å². The molecule has 1 aromatic heterocycles. The molecule has 2 heterocycles. The van der Waals surface area contributed by atoms with Crippen molar-refractivity contribution in [3.05, 3.63) is 40.6 Å². The first kappa shape index (κ1) is 15.2. The average molecular weight is 363 g/mol. The number of benzene rings is 1. The summed E-state index contributed by atoms with van der Waals surface area (Å²) in [6.07, 6.45) is 2.24. The quantitative estimate of drug-likeness (QED) is 0.815. The van der Waals surface area contributed by atoms with Gasteiger partial charge in [0.05, 0.1) is 0 Å². The molecule has 0 spiro atoms. The molecule has 0 radical (unpaired) electrons. The minimum Gasteiger partial charge on any atom is -0.451 e. The lowest BCUT2D eigenvalue weighted by molar-refractivity contribution is 0.0652. The maximum Gasteiger partial charge on any atom is 0.289 e. The number of hydrogen-bond acceptors (Lipinski definition) is 3. The molecule has 116 valence electrons. The fraction of sp³-hybridized carbons (Fsp3) is 0.353. The van der Waals surface area contributed by atoms with Gasteiger partial charge in [-0.15, -0.1) is 0 Å². The number of likely N-dealkylation sites (tertiary alicyclic amines) is 1. The molecular weight excluding hydrogens is 344 g/mol. The molecule has 0 saturated carbocycles. The second kappa shape index (κ2) is 6.16. The largest absolute Gasteiger partial charge is 0.451 e. The molecule has 1 aromatic carbocycles. The SMILES string of the molecule is CC1CCCN(C(=O)c2ccc(-c3ccc(Br)cc3N)o2)C1. The van der Waals surface area contributed by atoms with Crippen molar-refractivity contribution >= 4 is 27.5 Å². The molecule has 0 aliphatic carbocycles. The Morgan fingerprint density at radius 2 is 2.18 bits per heavy atom. The second-order valence-corrected chi connectivity index (χ2v) is 6.81. The smallest absolute Gasteiger partial charge is 0.289 e. The summed E-state index contributed by atoms with van der Waals surface area (Å²) < 4.78 is 6.67. The van der Waals surface area contributed by atoms with Gasteiger partial charge in [-0.2, -0.15) is 0 Å². The Hall–Kier alpha value is -1.75. The first-order valence-corrected chi connectivity index (χ1v) is 8.28. The highest BCUT2D eigenvalue weighted by Gasteiger charge is 2.24. The fourth-order valence-electron chi connectivity index (χ4n) is 2.89. The van der Waals surface area contributed by atoms with Crippen LogP contribution in [0.25, 0.3) is 11.3 Å². The van der Waals surface area contributed by atoms with Crippen molar-refractivity contribution in [1.29, 1.82) is 0 Å². The van der Waals surface area contributed by atoms with Gasteiger partial charge in [-0.25, -0.2) is 0 Å². The average Bonchev–Trinajstić information content (AvgIpc) is 2.96. The number of anilines is 1. The molecule has 0 bridgehead atoms. The summed E-state index contributed by atoms with van der Waals surface area (Å²) in [6, 6.07) is 9.15. The van der Waals surface area contributed by atoms with Gasteiger partial charge in [-0.3, -0.25) is 4.79 Å². The summed E-state index contributed by atoms with van der Waals surface area (Å²) >= 11 is 3.38. The molecule has 1 saturated heterocycles. The highest BCUT2D eigenvalue weighted by atomic mass is 79.9. The third-order valence-corrected chi connectivity index (χ3v) is 4.53. The highest BCUT2D eigenvalue weighted by molar-refractivity contribution is 9.10. The normalized spacial score (nSPS) is 18.5. The fourth-order valence-corrected chi connectivity index (χ4v) is 3.26. The summed E-state index contributed by atoms with van der Waals surface area (Å²) in [5, 5.41) is 0. The van der Waals surface area contributed by atoms with Crippen LogP contribution in [-0.4, -0.2) is 23.9 Å². The van der Waals surface area contributed by atoms with Crippen LogP contribution in [0.2, 0.25) is 0 Å². The maximum atomic E-state index is 12.5. The van der Waals surface area contributed by atoms with Crippen molar-refractivity contribution < 1.29 is 9.21 Å². The Balaban J connectivity index is 1.82. The molecule has 22 heavy (non-hydrogen) atoms. The van der Waals surface area contributed by atoms with Crippen LogP contribution < -0.4 is 5.73 Å². The number of furan rings is 1. The molecular formula is C17H19BrN2O2. The number of amides is 1. The number of nitrogen functional groups attached to an aromatic ring is 1. The van der Waals surface area contributed by atoms with Crippen molar-refractivity contribution in [3.63, 3.8) is 0 Å². The molecule has 1 aliphatic rings. The zero-order chi connectivity index (χ0) is 15.7. The van der Waals surface area contributed by atoms with Crippen molar-refractivity contribution in [2.45, 2.75) is 19.8 Å². The van der Waals surface area contributed by atoms with Crippen LogP contribution in [0.5, 0.6) is 0 Å². The van der Waals surface area contributed by atoms with Crippen molar-refractivity contribution in [2.75, 3.05) is 18.8 Å². The van der Waals surface area contributed by atoms with Gasteiger partial charge in [-0.1, -0.05) is 22.9 Å². The molecule has 1 unspecified atom stereocenters. The van der Waals surface area contributed by atoms with E-state index in [-0.39, 0.29) is 5.91 Å². The number of carbonyl (C=O) groups excluding carboxylic acids is 1. The van der Waals surface area contributed by atoms with E-state index in [1.165, 1.54) is 6.42 Å². The van der Waals surface area contributed by atoms with Crippen molar-refractivity contribution in [2.24, 2.45) is 5.92 Å². The van der Waals surface area contributed by atoms with E-state index in [1.54, 1.807) is 12.1 Å². The predicted molar refractivity (Wildman–Crippen MR) is 90.6 cm³/mol. The van der Waals surface area contributed by atoms with E-state index in [4.69, 9.17) is 10.2 Å². The van der Waals surface area contributed by atoms with Crippen LogP contribution in [0.15, 0.2) is 39.2 Å². The number of halogens is 1. The first-order chi connectivity index (χ1) is 10.5. The van der Waals surface area contributed by atoms with Gasteiger partial charge < -0.3 is 15.1 Å². The van der Waals surface area contributed by atoms with E-state index in [1.807, 2.05) is 23.1 Å². The minimum absolute atomic E-state index is 0.0338. The molecule has 1 fully saturated rings. The van der Waals surface area contributed by atoms with E-state index in [2.05, 4.69) is 22.9 Å². The number of nitrogens with zero attached hydrogens (tertiary/aromatic N) is 1. The van der Waals surface area contributed by atoms with Gasteiger partial charge in [0.2, 0.25) is 0 Å². The van der Waals surface area contributed by atoms with E-state index in [0.717, 1.165) is 29.5 Å². The molecule has 2 aromatic rings. The van der Waals surface area contributed by atoms with Gasteiger partial charge in [0.15, 0.2) is 5.76 Å². The molecule has 4 nitrogen and oxygen atoms in total. The molecule has 1 amide bonds. The lowest BCUT2D eigenvalue weighted by Gasteiger charge is -2.30. The summed E-state index contributed by atoms with van der Waals surface area (Å²) in [7, 11) is 0. The summed E-state index contributed by atoms with van der Waals surface area (Å²) in [6.45, 7) is 3.78. The van der Waals surface area contributed by atoms with Crippen LogP contribution in [0.4, 0.5) is 5.69 Å². The van der Waals surface area contributed by atoms with Crippen LogP contribution in [-0.2, 0) is 0 Å². The summed E-state index contributed by atoms with van der Waals surface area (Å²) in [4.78, 5) is 14.4. The van der Waals surface area contributed by atoms with Crippen molar-refractivity contribution in [3.8, 4) is 11.3 Å². The third-order valence-electron chi connectivity index (χ3n) is 4.04. The molecule has 2 N–H and O–H groups in total. The Morgan fingerprint density at radius 1 is 1.36 bits per heavy atom. The van der Waals surface area contributed by atoms with Crippen LogP contribution in [0.3, 0.4) is 0 Å². The van der Waals surface area contributed by atoms with E-state index in [9.17, 15) is 4.79 Å². The van der Waals surface area contributed by atoms with E-state index < -0.39 is 0 Å². The standard InChI is InChI=1S/C17H19BrN2O2/c1-11-3-2-8-20(10-11)17(21)16-7-6-15(22-16)13-5-4-12(18)9-14(13)19/h4-7,9,11H,2-3,8,10,19H2,1H3. The Kier molecular flexibility index (Phi) is 4.25. The Morgan fingerprint density at radius 3 is 2.91 bits per heavy atom. The van der Waals surface area contributed by atoms with E-state index >= 15 is 0 Å². The topological polar surface area (TPSA) is 59.5 Å². The van der Waals surface area contributed by atoms with Crippen molar-refractivity contribution in [1.82, 2.24) is 4.90 Å². The van der Waals surface area contributed by atoms with Crippen LogP contribution >= 0.6 is 15.9 Å². The third kappa shape index (κ3) is 3.04. The Bertz CT molecular complexity index is 696. The van der Waals surface area contributed by atoms with Gasteiger partial charge in [0, 0.05) is 28.8 Å². The number of piperidine rings is 1. The van der Waals surface area contributed by atoms with E-state index in [0.29, 0.717) is 23.1 Å². The molecule has 3 rings (SSSR count). The lowest BCUT2D eigenvalue weighted by Crippen LogP contribution is -2.38. The molecule has 5 heteroatoms.